The van der Waals surface area contributed by atoms with E-state index in [0.717, 1.165) is 39.4 Å². The Kier molecular flexibility index (Phi) is 6.96. The van der Waals surface area contributed by atoms with Crippen LogP contribution in [0.2, 0.25) is 0 Å². The molecule has 0 saturated heterocycles. The predicted molar refractivity (Wildman–Crippen MR) is 135 cm³/mol. The van der Waals surface area contributed by atoms with Crippen molar-refractivity contribution < 1.29 is 14.3 Å². The highest BCUT2D eigenvalue weighted by Gasteiger charge is 2.26. The van der Waals surface area contributed by atoms with Crippen molar-refractivity contribution in [3.05, 3.63) is 93.9 Å². The molecule has 35 heavy (non-hydrogen) atoms. The summed E-state index contributed by atoms with van der Waals surface area (Å²) >= 11 is 0. The van der Waals surface area contributed by atoms with Crippen LogP contribution >= 0.6 is 0 Å². The number of anilines is 1. The first kappa shape index (κ1) is 24.1. The van der Waals surface area contributed by atoms with Crippen molar-refractivity contribution in [2.24, 2.45) is 0 Å². The van der Waals surface area contributed by atoms with Crippen LogP contribution in [0, 0.1) is 34.6 Å². The van der Waals surface area contributed by atoms with E-state index in [1.165, 1.54) is 0 Å². The highest BCUT2D eigenvalue weighted by Crippen LogP contribution is 2.24. The van der Waals surface area contributed by atoms with Crippen molar-refractivity contribution in [3.63, 3.8) is 0 Å². The number of fused-ring (bicyclic) bond motifs is 1. The van der Waals surface area contributed by atoms with Crippen LogP contribution in [0.15, 0.2) is 54.6 Å². The monoisotopic (exact) mass is 470 g/mol. The Balaban J connectivity index is 1.51. The minimum atomic E-state index is -1.06. The van der Waals surface area contributed by atoms with Crippen molar-refractivity contribution in [1.82, 2.24) is 14.6 Å². The summed E-state index contributed by atoms with van der Waals surface area (Å²) in [7, 11) is 0. The number of aromatic nitrogens is 3. The van der Waals surface area contributed by atoms with Gasteiger partial charge in [-0.15, -0.1) is 0 Å². The summed E-state index contributed by atoms with van der Waals surface area (Å²) in [5.74, 6) is -0.841. The van der Waals surface area contributed by atoms with Crippen molar-refractivity contribution in [1.29, 1.82) is 0 Å². The second-order valence-electron chi connectivity index (χ2n) is 8.91. The third kappa shape index (κ3) is 5.40. The number of esters is 1. The molecular weight excluding hydrogens is 440 g/mol. The van der Waals surface area contributed by atoms with Gasteiger partial charge in [-0.2, -0.15) is 5.10 Å². The molecule has 0 fully saturated rings. The number of hydrogen-bond donors (Lipinski definition) is 1. The van der Waals surface area contributed by atoms with Crippen LogP contribution in [-0.4, -0.2) is 26.5 Å². The molecule has 0 aliphatic rings. The molecule has 4 rings (SSSR count). The normalized spacial score (nSPS) is 11.9. The molecule has 7 heteroatoms. The van der Waals surface area contributed by atoms with Crippen LogP contribution < -0.4 is 5.32 Å². The number of carbonyl (C=O) groups excluding carboxylic acids is 2. The van der Waals surface area contributed by atoms with Gasteiger partial charge in [-0.3, -0.25) is 9.59 Å². The zero-order chi connectivity index (χ0) is 25.1. The Morgan fingerprint density at radius 3 is 2.49 bits per heavy atom. The van der Waals surface area contributed by atoms with E-state index in [9.17, 15) is 9.59 Å². The molecule has 2 heterocycles. The van der Waals surface area contributed by atoms with E-state index in [4.69, 9.17) is 4.74 Å². The van der Waals surface area contributed by atoms with E-state index in [1.54, 1.807) is 16.6 Å². The van der Waals surface area contributed by atoms with Gasteiger partial charge in [0.2, 0.25) is 6.10 Å². The van der Waals surface area contributed by atoms with Crippen LogP contribution in [-0.2, 0) is 20.7 Å². The maximum Gasteiger partial charge on any atom is 0.307 e. The Morgan fingerprint density at radius 2 is 1.74 bits per heavy atom. The van der Waals surface area contributed by atoms with Crippen LogP contribution in [0.5, 0.6) is 0 Å². The molecule has 1 atom stereocenters. The number of ether oxygens (including phenoxy) is 1. The quantitative estimate of drug-likeness (QED) is 0.379. The zero-order valence-corrected chi connectivity index (χ0v) is 20.8. The molecule has 0 bridgehead atoms. The summed E-state index contributed by atoms with van der Waals surface area (Å²) in [5.41, 5.74) is 7.71. The van der Waals surface area contributed by atoms with Gasteiger partial charge >= 0.3 is 5.97 Å². The number of amides is 1. The lowest BCUT2D eigenvalue weighted by Crippen LogP contribution is -2.26. The average molecular weight is 471 g/mol. The Hall–Kier alpha value is -4.00. The molecule has 0 aliphatic carbocycles. The molecule has 4 aromatic rings. The van der Waals surface area contributed by atoms with Gasteiger partial charge in [0, 0.05) is 35.1 Å². The second-order valence-corrected chi connectivity index (χ2v) is 8.91. The first-order valence-electron chi connectivity index (χ1n) is 11.7. The Morgan fingerprint density at radius 1 is 1.00 bits per heavy atom. The Labute approximate surface area is 205 Å². The summed E-state index contributed by atoms with van der Waals surface area (Å²) in [6, 6.07) is 16.8. The number of aryl methyl sites for hydroxylation is 5. The van der Waals surface area contributed by atoms with E-state index in [0.29, 0.717) is 17.7 Å². The van der Waals surface area contributed by atoms with Crippen LogP contribution in [0.3, 0.4) is 0 Å². The van der Waals surface area contributed by atoms with Crippen molar-refractivity contribution >= 4 is 23.2 Å². The second kappa shape index (κ2) is 10.1. The standard InChI is InChI=1S/C28H30N4O3/c1-17-11-12-18(2)24(15-17)30-28(34)27(22-9-7-6-8-10-22)35-26(33)14-13-23-20(4)29-25-16-19(3)31-32(25)21(23)5/h6-12,15-16,27H,13-14H2,1-5H3,(H,30,34). The smallest absolute Gasteiger partial charge is 0.307 e. The number of benzene rings is 2. The average Bonchev–Trinajstić information content (AvgIpc) is 3.20. The van der Waals surface area contributed by atoms with Gasteiger partial charge in [-0.1, -0.05) is 42.5 Å². The van der Waals surface area contributed by atoms with E-state index in [1.807, 2.05) is 77.1 Å². The third-order valence-corrected chi connectivity index (χ3v) is 6.11. The summed E-state index contributed by atoms with van der Waals surface area (Å²) in [6.45, 7) is 9.72. The zero-order valence-electron chi connectivity index (χ0n) is 20.8. The molecule has 0 aliphatic heterocycles. The topological polar surface area (TPSA) is 85.6 Å². The highest BCUT2D eigenvalue weighted by molar-refractivity contribution is 5.96. The molecule has 180 valence electrons. The van der Waals surface area contributed by atoms with E-state index >= 15 is 0 Å². The van der Waals surface area contributed by atoms with Gasteiger partial charge in [-0.25, -0.2) is 9.50 Å². The first-order chi connectivity index (χ1) is 16.7. The fourth-order valence-corrected chi connectivity index (χ4v) is 4.19. The largest absolute Gasteiger partial charge is 0.447 e. The van der Waals surface area contributed by atoms with Gasteiger partial charge in [-0.05, 0) is 63.8 Å². The molecule has 0 saturated carbocycles. The number of hydrogen-bond acceptors (Lipinski definition) is 5. The summed E-state index contributed by atoms with van der Waals surface area (Å²) < 4.78 is 7.54. The van der Waals surface area contributed by atoms with E-state index in [-0.39, 0.29) is 12.3 Å². The third-order valence-electron chi connectivity index (χ3n) is 6.11. The molecule has 2 aromatic carbocycles. The Bertz CT molecular complexity index is 1390. The lowest BCUT2D eigenvalue weighted by molar-refractivity contribution is -0.154. The maximum absolute atomic E-state index is 13.2. The van der Waals surface area contributed by atoms with Gasteiger partial charge in [0.15, 0.2) is 5.65 Å². The summed E-state index contributed by atoms with van der Waals surface area (Å²) in [6.07, 6.45) is -0.492. The van der Waals surface area contributed by atoms with Crippen molar-refractivity contribution in [3.8, 4) is 0 Å². The fraction of sp³-hybridized carbons (Fsp3) is 0.286. The van der Waals surface area contributed by atoms with Crippen LogP contribution in [0.4, 0.5) is 5.69 Å². The molecular formula is C28H30N4O3. The van der Waals surface area contributed by atoms with Crippen molar-refractivity contribution in [2.45, 2.75) is 53.6 Å². The minimum absolute atomic E-state index is 0.120. The summed E-state index contributed by atoms with van der Waals surface area (Å²) in [4.78, 5) is 30.8. The lowest BCUT2D eigenvalue weighted by Gasteiger charge is -2.19. The number of nitrogens with zero attached hydrogens (tertiary/aromatic N) is 3. The minimum Gasteiger partial charge on any atom is -0.447 e. The molecule has 1 amide bonds. The summed E-state index contributed by atoms with van der Waals surface area (Å²) in [5, 5.41) is 7.42. The fourth-order valence-electron chi connectivity index (χ4n) is 4.19. The molecule has 0 spiro atoms. The molecule has 1 unspecified atom stereocenters. The first-order valence-corrected chi connectivity index (χ1v) is 11.7. The van der Waals surface area contributed by atoms with Gasteiger partial charge in [0.1, 0.15) is 0 Å². The lowest BCUT2D eigenvalue weighted by atomic mass is 10.1. The van der Waals surface area contributed by atoms with Crippen LogP contribution in [0.25, 0.3) is 5.65 Å². The van der Waals surface area contributed by atoms with Gasteiger partial charge in [0.25, 0.3) is 5.91 Å². The van der Waals surface area contributed by atoms with E-state index in [2.05, 4.69) is 15.4 Å². The predicted octanol–water partition coefficient (Wildman–Crippen LogP) is 5.13. The maximum atomic E-state index is 13.2. The molecule has 1 N–H and O–H groups in total. The molecule has 0 radical (unpaired) electrons. The van der Waals surface area contributed by atoms with Crippen molar-refractivity contribution in [2.75, 3.05) is 5.32 Å². The number of carbonyl (C=O) groups is 2. The van der Waals surface area contributed by atoms with Gasteiger partial charge < -0.3 is 10.1 Å². The SMILES string of the molecule is Cc1ccc(C)c(NC(=O)C(OC(=O)CCc2c(C)nc3cc(C)nn3c2C)c2ccccc2)c1. The number of nitrogens with one attached hydrogen (secondary N) is 1. The number of rotatable bonds is 7. The molecule has 7 nitrogen and oxygen atoms in total. The molecule has 2 aromatic heterocycles. The highest BCUT2D eigenvalue weighted by atomic mass is 16.5. The van der Waals surface area contributed by atoms with E-state index < -0.39 is 12.1 Å². The van der Waals surface area contributed by atoms with Crippen LogP contribution in [0.1, 0.15) is 51.9 Å². The van der Waals surface area contributed by atoms with Gasteiger partial charge in [0.05, 0.1) is 5.69 Å².